The molecular weight excluding hydrogens is 276 g/mol. The molecule has 0 saturated heterocycles. The second-order valence-corrected chi connectivity index (χ2v) is 5.53. The Labute approximate surface area is 121 Å². The fraction of sp³-hybridized carbons (Fsp3) is 0.357. The number of hydrogen-bond acceptors (Lipinski definition) is 5. The highest BCUT2D eigenvalue weighted by atomic mass is 32.2. The molecular formula is C14H16N2O3S. The van der Waals surface area contributed by atoms with Crippen molar-refractivity contribution < 1.29 is 9.53 Å². The third-order valence-corrected chi connectivity index (χ3v) is 3.40. The Morgan fingerprint density at radius 3 is 3.00 bits per heavy atom. The zero-order valence-corrected chi connectivity index (χ0v) is 12.2. The minimum atomic E-state index is -0.248. The molecule has 2 aromatic rings. The highest BCUT2D eigenvalue weighted by molar-refractivity contribution is 7.99. The van der Waals surface area contributed by atoms with Crippen molar-refractivity contribution in [2.75, 3.05) is 5.75 Å². The van der Waals surface area contributed by atoms with Crippen LogP contribution in [-0.2, 0) is 15.3 Å². The van der Waals surface area contributed by atoms with Crippen LogP contribution in [0.5, 0.6) is 0 Å². The Morgan fingerprint density at radius 1 is 1.45 bits per heavy atom. The first-order chi connectivity index (χ1) is 9.56. The van der Waals surface area contributed by atoms with Crippen molar-refractivity contribution >= 4 is 23.4 Å². The number of nitrogens with zero attached hydrogens (tertiary/aromatic N) is 2. The van der Waals surface area contributed by atoms with Crippen LogP contribution in [0.3, 0.4) is 0 Å². The number of carbonyl (C=O) groups excluding carboxylic acids is 1. The molecule has 2 heterocycles. The van der Waals surface area contributed by atoms with E-state index >= 15 is 0 Å². The van der Waals surface area contributed by atoms with E-state index < -0.39 is 0 Å². The van der Waals surface area contributed by atoms with Gasteiger partial charge < -0.3 is 4.74 Å². The Hall–Kier alpha value is -1.82. The zero-order valence-electron chi connectivity index (χ0n) is 11.4. The third kappa shape index (κ3) is 3.84. The molecule has 0 aromatic carbocycles. The molecule has 0 atom stereocenters. The predicted molar refractivity (Wildman–Crippen MR) is 78.9 cm³/mol. The number of aromatic nitrogens is 2. The molecule has 0 amide bonds. The minimum Gasteiger partial charge on any atom is -0.462 e. The Kier molecular flexibility index (Phi) is 4.79. The standard InChI is InChI=1S/C14H16N2O3S/c1-10(2)19-14(18)9-20-8-11-7-13(17)16-6-4-3-5-12(16)15-11/h3-7,10H,8-9H2,1-2H3. The van der Waals surface area contributed by atoms with Gasteiger partial charge in [-0.2, -0.15) is 0 Å². The second kappa shape index (κ2) is 6.56. The maximum Gasteiger partial charge on any atom is 0.316 e. The lowest BCUT2D eigenvalue weighted by Gasteiger charge is -2.07. The molecule has 6 heteroatoms. The van der Waals surface area contributed by atoms with E-state index in [4.69, 9.17) is 4.74 Å². The van der Waals surface area contributed by atoms with Gasteiger partial charge in [0.1, 0.15) is 5.65 Å². The van der Waals surface area contributed by atoms with E-state index in [-0.39, 0.29) is 23.4 Å². The van der Waals surface area contributed by atoms with Crippen LogP contribution in [0.25, 0.3) is 5.65 Å². The van der Waals surface area contributed by atoms with Gasteiger partial charge in [-0.15, -0.1) is 11.8 Å². The van der Waals surface area contributed by atoms with Crippen molar-refractivity contribution in [1.82, 2.24) is 9.38 Å². The zero-order chi connectivity index (χ0) is 14.5. The number of carbonyl (C=O) groups is 1. The first-order valence-corrected chi connectivity index (χ1v) is 7.46. The molecule has 0 aliphatic heterocycles. The topological polar surface area (TPSA) is 60.7 Å². The Morgan fingerprint density at radius 2 is 2.25 bits per heavy atom. The largest absolute Gasteiger partial charge is 0.462 e. The molecule has 0 radical (unpaired) electrons. The molecule has 0 saturated carbocycles. The maximum atomic E-state index is 11.9. The highest BCUT2D eigenvalue weighted by Crippen LogP contribution is 2.10. The summed E-state index contributed by atoms with van der Waals surface area (Å²) in [4.78, 5) is 27.6. The van der Waals surface area contributed by atoms with Crippen LogP contribution < -0.4 is 5.56 Å². The fourth-order valence-electron chi connectivity index (χ4n) is 1.71. The number of thioether (sulfide) groups is 1. The van der Waals surface area contributed by atoms with Crippen molar-refractivity contribution in [2.24, 2.45) is 0 Å². The Bertz CT molecular complexity index is 667. The summed E-state index contributed by atoms with van der Waals surface area (Å²) < 4.78 is 6.52. The first kappa shape index (κ1) is 14.6. The van der Waals surface area contributed by atoms with Crippen LogP contribution in [0.4, 0.5) is 0 Å². The summed E-state index contributed by atoms with van der Waals surface area (Å²) in [5, 5.41) is 0. The summed E-state index contributed by atoms with van der Waals surface area (Å²) in [5.74, 6) is 0.518. The van der Waals surface area contributed by atoms with Crippen molar-refractivity contribution in [2.45, 2.75) is 25.7 Å². The van der Waals surface area contributed by atoms with Crippen LogP contribution in [0, 0.1) is 0 Å². The number of rotatable bonds is 5. The van der Waals surface area contributed by atoms with Gasteiger partial charge in [0.05, 0.1) is 17.6 Å². The number of esters is 1. The summed E-state index contributed by atoms with van der Waals surface area (Å²) in [6, 6.07) is 6.89. The van der Waals surface area contributed by atoms with Gasteiger partial charge in [-0.05, 0) is 26.0 Å². The second-order valence-electron chi connectivity index (χ2n) is 4.55. The lowest BCUT2D eigenvalue weighted by Crippen LogP contribution is -2.15. The Balaban J connectivity index is 2.00. The van der Waals surface area contributed by atoms with E-state index in [2.05, 4.69) is 4.98 Å². The van der Waals surface area contributed by atoms with Crippen molar-refractivity contribution in [3.05, 3.63) is 46.5 Å². The maximum absolute atomic E-state index is 11.9. The van der Waals surface area contributed by atoms with E-state index in [1.165, 1.54) is 22.2 Å². The molecule has 0 aliphatic carbocycles. The van der Waals surface area contributed by atoms with Crippen LogP contribution in [0.2, 0.25) is 0 Å². The molecule has 0 fully saturated rings. The minimum absolute atomic E-state index is 0.105. The molecule has 20 heavy (non-hydrogen) atoms. The van der Waals surface area contributed by atoms with Crippen LogP contribution in [-0.4, -0.2) is 27.2 Å². The summed E-state index contributed by atoms with van der Waals surface area (Å²) in [6.45, 7) is 3.63. The quantitative estimate of drug-likeness (QED) is 0.787. The summed E-state index contributed by atoms with van der Waals surface area (Å²) in [6.07, 6.45) is 1.58. The van der Waals surface area contributed by atoms with Crippen molar-refractivity contribution in [1.29, 1.82) is 0 Å². The summed E-state index contributed by atoms with van der Waals surface area (Å²) >= 11 is 1.39. The van der Waals surface area contributed by atoms with E-state index in [0.717, 1.165) is 0 Å². The molecule has 0 unspecified atom stereocenters. The molecule has 0 N–H and O–H groups in total. The molecule has 0 spiro atoms. The average Bonchev–Trinajstić information content (AvgIpc) is 2.38. The molecule has 0 bridgehead atoms. The highest BCUT2D eigenvalue weighted by Gasteiger charge is 2.07. The molecule has 5 nitrogen and oxygen atoms in total. The summed E-state index contributed by atoms with van der Waals surface area (Å²) in [7, 11) is 0. The SMILES string of the molecule is CC(C)OC(=O)CSCc1cc(=O)n2ccccc2n1. The van der Waals surface area contributed by atoms with Gasteiger partial charge in [0.2, 0.25) is 0 Å². The lowest BCUT2D eigenvalue weighted by atomic mass is 10.4. The van der Waals surface area contributed by atoms with Crippen molar-refractivity contribution in [3.8, 4) is 0 Å². The molecule has 2 aromatic heterocycles. The van der Waals surface area contributed by atoms with Gasteiger partial charge in [-0.1, -0.05) is 6.07 Å². The van der Waals surface area contributed by atoms with Gasteiger partial charge in [0.15, 0.2) is 0 Å². The van der Waals surface area contributed by atoms with Gasteiger partial charge in [0, 0.05) is 18.0 Å². The fourth-order valence-corrected chi connectivity index (χ4v) is 2.41. The summed E-state index contributed by atoms with van der Waals surface area (Å²) in [5.41, 5.74) is 1.17. The number of ether oxygens (including phenoxy) is 1. The first-order valence-electron chi connectivity index (χ1n) is 6.31. The van der Waals surface area contributed by atoms with E-state index in [1.807, 2.05) is 19.9 Å². The lowest BCUT2D eigenvalue weighted by molar-refractivity contribution is -0.144. The molecule has 0 aliphatic rings. The van der Waals surface area contributed by atoms with Crippen LogP contribution >= 0.6 is 11.8 Å². The molecule has 2 rings (SSSR count). The number of hydrogen-bond donors (Lipinski definition) is 0. The molecule has 106 valence electrons. The van der Waals surface area contributed by atoms with Gasteiger partial charge in [-0.3, -0.25) is 14.0 Å². The van der Waals surface area contributed by atoms with Crippen molar-refractivity contribution in [3.63, 3.8) is 0 Å². The van der Waals surface area contributed by atoms with Gasteiger partial charge >= 0.3 is 5.97 Å². The average molecular weight is 292 g/mol. The van der Waals surface area contributed by atoms with Crippen LogP contribution in [0.1, 0.15) is 19.5 Å². The monoisotopic (exact) mass is 292 g/mol. The smallest absolute Gasteiger partial charge is 0.316 e. The predicted octanol–water partition coefficient (Wildman–Crippen LogP) is 1.88. The van der Waals surface area contributed by atoms with Crippen LogP contribution in [0.15, 0.2) is 35.3 Å². The van der Waals surface area contributed by atoms with E-state index in [9.17, 15) is 9.59 Å². The normalized spacial score (nSPS) is 10.9. The third-order valence-electron chi connectivity index (χ3n) is 2.46. The number of fused-ring (bicyclic) bond motifs is 1. The number of pyridine rings is 1. The van der Waals surface area contributed by atoms with E-state index in [1.54, 1.807) is 18.3 Å². The van der Waals surface area contributed by atoms with E-state index in [0.29, 0.717) is 17.1 Å². The van der Waals surface area contributed by atoms with Gasteiger partial charge in [-0.25, -0.2) is 4.98 Å². The van der Waals surface area contributed by atoms with Gasteiger partial charge in [0.25, 0.3) is 5.56 Å².